The first kappa shape index (κ1) is 17.8. The molecule has 0 radical (unpaired) electrons. The van der Waals surface area contributed by atoms with Gasteiger partial charge in [0.1, 0.15) is 5.76 Å². The number of likely N-dealkylation sites (tertiary alicyclic amines) is 1. The van der Waals surface area contributed by atoms with Crippen LogP contribution in [0.15, 0.2) is 40.3 Å². The standard InChI is InChI=1S/C20H27N3O2S/c24-20(17-4-1-7-22(14-17)15-18-5-2-12-25-18)23-10-8-21(9-11-23)16-19-6-3-13-26-19/h2-3,5-6,12-13,17H,1,4,7-11,14-16H2/t17-/m1/s1. The van der Waals surface area contributed by atoms with Gasteiger partial charge >= 0.3 is 0 Å². The Morgan fingerprint density at radius 3 is 2.69 bits per heavy atom. The van der Waals surface area contributed by atoms with Crippen LogP contribution in [0.2, 0.25) is 0 Å². The molecule has 0 unspecified atom stereocenters. The van der Waals surface area contributed by atoms with E-state index < -0.39 is 0 Å². The third-order valence-electron chi connectivity index (χ3n) is 5.46. The van der Waals surface area contributed by atoms with Gasteiger partial charge in [-0.1, -0.05) is 6.07 Å². The highest BCUT2D eigenvalue weighted by atomic mass is 32.1. The number of carbonyl (C=O) groups excluding carboxylic acids is 1. The summed E-state index contributed by atoms with van der Waals surface area (Å²) in [5, 5.41) is 2.13. The van der Waals surface area contributed by atoms with Crippen molar-refractivity contribution < 1.29 is 9.21 Å². The van der Waals surface area contributed by atoms with Gasteiger partial charge in [-0.2, -0.15) is 0 Å². The Hall–Kier alpha value is -1.63. The van der Waals surface area contributed by atoms with Gasteiger partial charge in [-0.25, -0.2) is 0 Å². The summed E-state index contributed by atoms with van der Waals surface area (Å²) in [4.78, 5) is 21.3. The summed E-state index contributed by atoms with van der Waals surface area (Å²) in [5.41, 5.74) is 0. The van der Waals surface area contributed by atoms with E-state index in [-0.39, 0.29) is 5.92 Å². The van der Waals surface area contributed by atoms with E-state index in [2.05, 4.69) is 32.2 Å². The van der Waals surface area contributed by atoms with Gasteiger partial charge < -0.3 is 9.32 Å². The first-order chi connectivity index (χ1) is 12.8. The molecular weight excluding hydrogens is 346 g/mol. The van der Waals surface area contributed by atoms with Crippen molar-refractivity contribution in [1.29, 1.82) is 0 Å². The maximum Gasteiger partial charge on any atom is 0.227 e. The van der Waals surface area contributed by atoms with Crippen molar-refractivity contribution in [3.8, 4) is 0 Å². The van der Waals surface area contributed by atoms with Gasteiger partial charge in [0.15, 0.2) is 0 Å². The number of carbonyl (C=O) groups is 1. The highest BCUT2D eigenvalue weighted by Gasteiger charge is 2.31. The predicted octanol–water partition coefficient (Wildman–Crippen LogP) is 2.90. The van der Waals surface area contributed by atoms with Gasteiger partial charge in [-0.3, -0.25) is 14.6 Å². The largest absolute Gasteiger partial charge is 0.468 e. The number of piperidine rings is 1. The smallest absolute Gasteiger partial charge is 0.227 e. The Morgan fingerprint density at radius 2 is 1.96 bits per heavy atom. The van der Waals surface area contributed by atoms with Crippen LogP contribution in [-0.2, 0) is 17.9 Å². The van der Waals surface area contributed by atoms with Gasteiger partial charge in [0, 0.05) is 44.1 Å². The maximum atomic E-state index is 13.0. The number of rotatable bonds is 5. The molecule has 2 saturated heterocycles. The first-order valence-corrected chi connectivity index (χ1v) is 10.4. The van der Waals surface area contributed by atoms with Crippen LogP contribution in [0, 0.1) is 5.92 Å². The Kier molecular flexibility index (Phi) is 5.72. The summed E-state index contributed by atoms with van der Waals surface area (Å²) in [6, 6.07) is 8.24. The average molecular weight is 374 g/mol. The van der Waals surface area contributed by atoms with Gasteiger partial charge in [-0.05, 0) is 43.0 Å². The fraction of sp³-hybridized carbons (Fsp3) is 0.550. The van der Waals surface area contributed by atoms with Crippen LogP contribution in [0.4, 0.5) is 0 Å². The summed E-state index contributed by atoms with van der Waals surface area (Å²) in [5.74, 6) is 1.48. The molecular formula is C20H27N3O2S. The second kappa shape index (κ2) is 8.37. The van der Waals surface area contributed by atoms with Gasteiger partial charge in [0.05, 0.1) is 18.7 Å². The Labute approximate surface area is 159 Å². The second-order valence-corrected chi connectivity index (χ2v) is 8.37. The summed E-state index contributed by atoms with van der Waals surface area (Å²) in [6.07, 6.45) is 3.83. The predicted molar refractivity (Wildman–Crippen MR) is 103 cm³/mol. The fourth-order valence-corrected chi connectivity index (χ4v) is 4.78. The number of amides is 1. The van der Waals surface area contributed by atoms with Crippen LogP contribution < -0.4 is 0 Å². The molecule has 1 amide bonds. The van der Waals surface area contributed by atoms with Crippen molar-refractivity contribution in [1.82, 2.24) is 14.7 Å². The van der Waals surface area contributed by atoms with Crippen molar-refractivity contribution >= 4 is 17.2 Å². The molecule has 0 spiro atoms. The van der Waals surface area contributed by atoms with Crippen molar-refractivity contribution in [2.75, 3.05) is 39.3 Å². The molecule has 2 fully saturated rings. The third-order valence-corrected chi connectivity index (χ3v) is 6.32. The average Bonchev–Trinajstić information content (AvgIpc) is 3.36. The Morgan fingerprint density at radius 1 is 1.08 bits per heavy atom. The SMILES string of the molecule is O=C([C@@H]1CCCN(Cc2ccco2)C1)N1CCN(Cc2cccs2)CC1. The lowest BCUT2D eigenvalue weighted by molar-refractivity contribution is -0.139. The number of thiophene rings is 1. The molecule has 4 heterocycles. The van der Waals surface area contributed by atoms with E-state index in [1.165, 1.54) is 4.88 Å². The number of hydrogen-bond acceptors (Lipinski definition) is 5. The third kappa shape index (κ3) is 4.37. The van der Waals surface area contributed by atoms with Crippen LogP contribution in [0.3, 0.4) is 0 Å². The number of piperazine rings is 1. The van der Waals surface area contributed by atoms with Gasteiger partial charge in [0.25, 0.3) is 0 Å². The minimum Gasteiger partial charge on any atom is -0.468 e. The topological polar surface area (TPSA) is 39.9 Å². The van der Waals surface area contributed by atoms with E-state index in [4.69, 9.17) is 4.42 Å². The molecule has 0 aromatic carbocycles. The molecule has 6 heteroatoms. The molecule has 140 valence electrons. The lowest BCUT2D eigenvalue weighted by atomic mass is 9.96. The molecule has 4 rings (SSSR count). The van der Waals surface area contributed by atoms with Crippen molar-refractivity contribution in [2.45, 2.75) is 25.9 Å². The second-order valence-electron chi connectivity index (χ2n) is 7.33. The zero-order valence-corrected chi connectivity index (χ0v) is 16.0. The van der Waals surface area contributed by atoms with Crippen molar-refractivity contribution in [3.63, 3.8) is 0 Å². The zero-order valence-electron chi connectivity index (χ0n) is 15.2. The Balaban J connectivity index is 1.26. The van der Waals surface area contributed by atoms with Crippen LogP contribution in [0.1, 0.15) is 23.5 Å². The van der Waals surface area contributed by atoms with E-state index >= 15 is 0 Å². The van der Waals surface area contributed by atoms with Crippen LogP contribution in [0.5, 0.6) is 0 Å². The molecule has 2 aromatic heterocycles. The molecule has 0 N–H and O–H groups in total. The van der Waals surface area contributed by atoms with Crippen LogP contribution in [0.25, 0.3) is 0 Å². The van der Waals surface area contributed by atoms with E-state index in [1.54, 1.807) is 6.26 Å². The Bertz CT molecular complexity index is 678. The van der Waals surface area contributed by atoms with Crippen molar-refractivity contribution in [2.24, 2.45) is 5.92 Å². The normalized spacial score (nSPS) is 22.6. The maximum absolute atomic E-state index is 13.0. The first-order valence-electron chi connectivity index (χ1n) is 9.56. The lowest BCUT2D eigenvalue weighted by Gasteiger charge is -2.38. The number of nitrogens with zero attached hydrogens (tertiary/aromatic N) is 3. The summed E-state index contributed by atoms with van der Waals surface area (Å²) < 4.78 is 5.46. The number of furan rings is 1. The highest BCUT2D eigenvalue weighted by molar-refractivity contribution is 7.09. The minimum absolute atomic E-state index is 0.141. The number of hydrogen-bond donors (Lipinski definition) is 0. The van der Waals surface area contributed by atoms with E-state index in [9.17, 15) is 4.79 Å². The molecule has 26 heavy (non-hydrogen) atoms. The quantitative estimate of drug-likeness (QED) is 0.808. The molecule has 0 bridgehead atoms. The summed E-state index contributed by atoms with van der Waals surface area (Å²) in [6.45, 7) is 7.41. The molecule has 2 aliphatic heterocycles. The molecule has 0 saturated carbocycles. The molecule has 5 nitrogen and oxygen atoms in total. The monoisotopic (exact) mass is 373 g/mol. The fourth-order valence-electron chi connectivity index (χ4n) is 4.03. The molecule has 2 aromatic rings. The van der Waals surface area contributed by atoms with E-state index in [0.717, 1.165) is 71.0 Å². The summed E-state index contributed by atoms with van der Waals surface area (Å²) in [7, 11) is 0. The van der Waals surface area contributed by atoms with E-state index in [0.29, 0.717) is 5.91 Å². The van der Waals surface area contributed by atoms with Crippen molar-refractivity contribution in [3.05, 3.63) is 46.5 Å². The van der Waals surface area contributed by atoms with Gasteiger partial charge in [0.2, 0.25) is 5.91 Å². The highest BCUT2D eigenvalue weighted by Crippen LogP contribution is 2.22. The van der Waals surface area contributed by atoms with E-state index in [1.807, 2.05) is 23.5 Å². The van der Waals surface area contributed by atoms with Crippen LogP contribution >= 0.6 is 11.3 Å². The minimum atomic E-state index is 0.141. The summed E-state index contributed by atoms with van der Waals surface area (Å²) >= 11 is 1.81. The zero-order chi connectivity index (χ0) is 17.8. The molecule has 2 aliphatic rings. The van der Waals surface area contributed by atoms with Gasteiger partial charge in [-0.15, -0.1) is 11.3 Å². The lowest BCUT2D eigenvalue weighted by Crippen LogP contribution is -2.52. The molecule has 0 aliphatic carbocycles. The van der Waals surface area contributed by atoms with Crippen LogP contribution in [-0.4, -0.2) is 59.9 Å². The molecule has 1 atom stereocenters.